The van der Waals surface area contributed by atoms with E-state index in [-0.39, 0.29) is 0 Å². The largest absolute Gasteiger partial charge is 0.381 e. The van der Waals surface area contributed by atoms with E-state index in [1.807, 2.05) is 4.68 Å². The molecule has 3 rings (SSSR count). The topological polar surface area (TPSA) is 56.2 Å². The quantitative estimate of drug-likeness (QED) is 0.745. The summed E-state index contributed by atoms with van der Waals surface area (Å²) in [5.74, 6) is 0. The van der Waals surface area contributed by atoms with Gasteiger partial charge in [-0.1, -0.05) is 0 Å². The summed E-state index contributed by atoms with van der Waals surface area (Å²) in [6, 6.07) is 0.399. The Morgan fingerprint density at radius 3 is 2.94 bits per heavy atom. The summed E-state index contributed by atoms with van der Waals surface area (Å²) < 4.78 is 7.39. The third kappa shape index (κ3) is 1.47. The lowest BCUT2D eigenvalue weighted by Gasteiger charge is -2.23. The van der Waals surface area contributed by atoms with Gasteiger partial charge in [-0.15, -0.1) is 0 Å². The zero-order valence-electron chi connectivity index (χ0n) is 9.11. The number of carbonyl (C=O) groups excluding carboxylic acids is 1. The molecule has 2 aliphatic heterocycles. The highest BCUT2D eigenvalue weighted by molar-refractivity contribution is 5.75. The molecule has 1 aromatic rings. The van der Waals surface area contributed by atoms with Crippen molar-refractivity contribution in [1.29, 1.82) is 0 Å². The van der Waals surface area contributed by atoms with Crippen LogP contribution in [0.3, 0.4) is 0 Å². The summed E-state index contributed by atoms with van der Waals surface area (Å²) in [7, 11) is 0. The number of aldehydes is 1. The molecule has 0 aliphatic carbocycles. The highest BCUT2D eigenvalue weighted by Gasteiger charge is 2.26. The number of ether oxygens (including phenoxy) is 1. The first-order valence-corrected chi connectivity index (χ1v) is 5.74. The first kappa shape index (κ1) is 9.99. The average molecular weight is 221 g/mol. The zero-order valence-corrected chi connectivity index (χ0v) is 9.11. The van der Waals surface area contributed by atoms with Crippen LogP contribution in [0.5, 0.6) is 0 Å². The molecule has 1 N–H and O–H groups in total. The van der Waals surface area contributed by atoms with Gasteiger partial charge in [-0.25, -0.2) is 0 Å². The van der Waals surface area contributed by atoms with E-state index in [1.54, 1.807) is 0 Å². The smallest absolute Gasteiger partial charge is 0.170 e. The fourth-order valence-corrected chi connectivity index (χ4v) is 2.54. The summed E-state index contributed by atoms with van der Waals surface area (Å²) in [5.41, 5.74) is 2.88. The van der Waals surface area contributed by atoms with Gasteiger partial charge in [0.05, 0.1) is 11.7 Å². The predicted molar refractivity (Wildman–Crippen MR) is 57.2 cm³/mol. The van der Waals surface area contributed by atoms with Gasteiger partial charge in [-0.05, 0) is 12.8 Å². The van der Waals surface area contributed by atoms with Crippen molar-refractivity contribution in [2.24, 2.45) is 0 Å². The van der Waals surface area contributed by atoms with E-state index in [2.05, 4.69) is 10.4 Å². The van der Waals surface area contributed by atoms with Crippen LogP contribution in [0.25, 0.3) is 0 Å². The van der Waals surface area contributed by atoms with Gasteiger partial charge < -0.3 is 10.1 Å². The van der Waals surface area contributed by atoms with E-state index < -0.39 is 0 Å². The van der Waals surface area contributed by atoms with Gasteiger partial charge >= 0.3 is 0 Å². The van der Waals surface area contributed by atoms with E-state index in [1.165, 1.54) is 5.69 Å². The molecule has 0 atom stereocenters. The number of hydrogen-bond donors (Lipinski definition) is 1. The van der Waals surface area contributed by atoms with E-state index in [0.717, 1.165) is 51.0 Å². The Morgan fingerprint density at radius 1 is 1.38 bits per heavy atom. The molecule has 1 saturated heterocycles. The first-order valence-electron chi connectivity index (χ1n) is 5.74. The number of nitrogens with one attached hydrogen (secondary N) is 1. The summed E-state index contributed by atoms with van der Waals surface area (Å²) in [6.07, 6.45) is 2.85. The van der Waals surface area contributed by atoms with Gasteiger partial charge in [-0.3, -0.25) is 9.48 Å². The molecule has 0 unspecified atom stereocenters. The lowest BCUT2D eigenvalue weighted by Crippen LogP contribution is -2.22. The third-order valence-corrected chi connectivity index (χ3v) is 3.39. The highest BCUT2D eigenvalue weighted by atomic mass is 16.5. The van der Waals surface area contributed by atoms with E-state index in [0.29, 0.717) is 11.7 Å². The Bertz CT molecular complexity index is 408. The number of hydrogen-bond acceptors (Lipinski definition) is 4. The van der Waals surface area contributed by atoms with Crippen molar-refractivity contribution < 1.29 is 9.53 Å². The Kier molecular flexibility index (Phi) is 2.49. The fraction of sp³-hybridized carbons (Fsp3) is 0.636. The van der Waals surface area contributed by atoms with Crippen LogP contribution in [-0.4, -0.2) is 29.3 Å². The fourth-order valence-electron chi connectivity index (χ4n) is 2.54. The number of aromatic nitrogens is 2. The second-order valence-electron chi connectivity index (χ2n) is 4.32. The van der Waals surface area contributed by atoms with Crippen LogP contribution in [0.4, 0.5) is 0 Å². The molecule has 1 aromatic heterocycles. The molecule has 0 radical (unpaired) electrons. The van der Waals surface area contributed by atoms with E-state index in [9.17, 15) is 4.79 Å². The molecular weight excluding hydrogens is 206 g/mol. The predicted octanol–water partition coefficient (Wildman–Crippen LogP) is 0.650. The lowest BCUT2D eigenvalue weighted by atomic mass is 10.1. The van der Waals surface area contributed by atoms with Gasteiger partial charge in [-0.2, -0.15) is 5.10 Å². The maximum Gasteiger partial charge on any atom is 0.170 e. The Morgan fingerprint density at radius 2 is 2.19 bits per heavy atom. The summed E-state index contributed by atoms with van der Waals surface area (Å²) in [4.78, 5) is 10.9. The van der Waals surface area contributed by atoms with Crippen LogP contribution < -0.4 is 5.32 Å². The van der Waals surface area contributed by atoms with Crippen LogP contribution in [0, 0.1) is 0 Å². The number of nitrogens with zero attached hydrogens (tertiary/aromatic N) is 2. The summed E-state index contributed by atoms with van der Waals surface area (Å²) >= 11 is 0. The SMILES string of the molecule is O=Cc1nn(C2CCOCC2)c2c1CNC2. The molecular formula is C11H15N3O2. The second kappa shape index (κ2) is 3.99. The van der Waals surface area contributed by atoms with Crippen molar-refractivity contribution >= 4 is 6.29 Å². The highest BCUT2D eigenvalue weighted by Crippen LogP contribution is 2.27. The number of fused-ring (bicyclic) bond motifs is 1. The molecule has 0 spiro atoms. The normalized spacial score (nSPS) is 21.0. The maximum absolute atomic E-state index is 10.9. The molecule has 3 heterocycles. The third-order valence-electron chi connectivity index (χ3n) is 3.39. The standard InChI is InChI=1S/C11H15N3O2/c15-7-10-9-5-12-6-11(9)14(13-10)8-1-3-16-4-2-8/h7-8,12H,1-6H2. The van der Waals surface area contributed by atoms with E-state index >= 15 is 0 Å². The molecule has 5 nitrogen and oxygen atoms in total. The average Bonchev–Trinajstić information content (AvgIpc) is 2.91. The van der Waals surface area contributed by atoms with Crippen LogP contribution in [0.1, 0.15) is 40.6 Å². The number of carbonyl (C=O) groups is 1. The molecule has 1 fully saturated rings. The van der Waals surface area contributed by atoms with Crippen molar-refractivity contribution in [3.05, 3.63) is 17.0 Å². The Hall–Kier alpha value is -1.20. The van der Waals surface area contributed by atoms with Crippen molar-refractivity contribution in [1.82, 2.24) is 15.1 Å². The lowest BCUT2D eigenvalue weighted by molar-refractivity contribution is 0.0653. The molecule has 0 aromatic carbocycles. The molecule has 0 saturated carbocycles. The van der Waals surface area contributed by atoms with Gasteiger partial charge in [0.25, 0.3) is 0 Å². The summed E-state index contributed by atoms with van der Waals surface area (Å²) in [6.45, 7) is 3.19. The second-order valence-corrected chi connectivity index (χ2v) is 4.32. The van der Waals surface area contributed by atoms with Crippen molar-refractivity contribution in [3.8, 4) is 0 Å². The maximum atomic E-state index is 10.9. The minimum Gasteiger partial charge on any atom is -0.381 e. The molecule has 0 bridgehead atoms. The Labute approximate surface area is 93.8 Å². The van der Waals surface area contributed by atoms with Crippen LogP contribution in [-0.2, 0) is 17.8 Å². The van der Waals surface area contributed by atoms with E-state index in [4.69, 9.17) is 4.74 Å². The molecule has 16 heavy (non-hydrogen) atoms. The van der Waals surface area contributed by atoms with Crippen molar-refractivity contribution in [2.75, 3.05) is 13.2 Å². The minimum absolute atomic E-state index is 0.399. The van der Waals surface area contributed by atoms with Crippen LogP contribution in [0.15, 0.2) is 0 Å². The first-order chi connectivity index (χ1) is 7.90. The Balaban J connectivity index is 1.97. The monoisotopic (exact) mass is 221 g/mol. The minimum atomic E-state index is 0.399. The number of rotatable bonds is 2. The van der Waals surface area contributed by atoms with Crippen molar-refractivity contribution in [3.63, 3.8) is 0 Å². The summed E-state index contributed by atoms with van der Waals surface area (Å²) in [5, 5.41) is 7.70. The zero-order chi connectivity index (χ0) is 11.0. The molecule has 2 aliphatic rings. The molecule has 86 valence electrons. The van der Waals surface area contributed by atoms with Crippen LogP contribution >= 0.6 is 0 Å². The molecule has 5 heteroatoms. The van der Waals surface area contributed by atoms with Crippen LogP contribution in [0.2, 0.25) is 0 Å². The molecule has 0 amide bonds. The van der Waals surface area contributed by atoms with Gasteiger partial charge in [0.2, 0.25) is 0 Å². The van der Waals surface area contributed by atoms with Gasteiger partial charge in [0.15, 0.2) is 6.29 Å². The van der Waals surface area contributed by atoms with Crippen molar-refractivity contribution in [2.45, 2.75) is 32.0 Å². The van der Waals surface area contributed by atoms with Gasteiger partial charge in [0, 0.05) is 31.9 Å². The van der Waals surface area contributed by atoms with Gasteiger partial charge in [0.1, 0.15) is 5.69 Å².